The summed E-state index contributed by atoms with van der Waals surface area (Å²) in [5.41, 5.74) is 9.95. The lowest BCUT2D eigenvalue weighted by atomic mass is 9.81. The van der Waals surface area contributed by atoms with Gasteiger partial charge in [0.2, 0.25) is 5.91 Å². The van der Waals surface area contributed by atoms with Crippen LogP contribution in [-0.2, 0) is 4.79 Å². The van der Waals surface area contributed by atoms with Crippen LogP contribution in [0.2, 0.25) is 0 Å². The van der Waals surface area contributed by atoms with Gasteiger partial charge in [-0.05, 0) is 18.8 Å². The van der Waals surface area contributed by atoms with E-state index < -0.39 is 11.4 Å². The van der Waals surface area contributed by atoms with Gasteiger partial charge in [-0.1, -0.05) is 20.8 Å². The van der Waals surface area contributed by atoms with E-state index in [1.807, 2.05) is 20.8 Å². The zero-order valence-electron chi connectivity index (χ0n) is 7.77. The predicted octanol–water partition coefficient (Wildman–Crippen LogP) is 0.625. The quantitative estimate of drug-likeness (QED) is 0.618. The second-order valence-electron chi connectivity index (χ2n) is 4.52. The number of hydrogen-bond acceptors (Lipinski definition) is 2. The van der Waals surface area contributed by atoms with Crippen LogP contribution < -0.4 is 11.5 Å². The highest BCUT2D eigenvalue weighted by Crippen LogP contribution is 2.25. The SMILES string of the molecule is CC(C)(C)C[C@](C)(N)C(N)=O. The van der Waals surface area contributed by atoms with Crippen molar-refractivity contribution in [2.45, 2.75) is 39.7 Å². The molecule has 0 aliphatic heterocycles. The summed E-state index contributed by atoms with van der Waals surface area (Å²) in [7, 11) is 0. The number of hydrogen-bond donors (Lipinski definition) is 2. The molecular weight excluding hydrogens is 140 g/mol. The summed E-state index contributed by atoms with van der Waals surface area (Å²) in [6.07, 6.45) is 0.606. The van der Waals surface area contributed by atoms with E-state index in [0.29, 0.717) is 6.42 Å². The second kappa shape index (κ2) is 2.81. The fourth-order valence-electron chi connectivity index (χ4n) is 1.19. The number of nitrogens with two attached hydrogens (primary N) is 2. The molecule has 3 heteroatoms. The molecule has 0 aromatic heterocycles. The molecule has 0 aromatic rings. The Balaban J connectivity index is 4.25. The number of primary amides is 1. The lowest BCUT2D eigenvalue weighted by Crippen LogP contribution is -2.51. The maximum atomic E-state index is 10.8. The smallest absolute Gasteiger partial charge is 0.237 e. The van der Waals surface area contributed by atoms with Crippen LogP contribution in [0.5, 0.6) is 0 Å². The Kier molecular flexibility index (Phi) is 2.67. The molecule has 0 unspecified atom stereocenters. The van der Waals surface area contributed by atoms with Crippen LogP contribution in [0.4, 0.5) is 0 Å². The molecule has 0 fully saturated rings. The Bertz CT molecular complexity index is 156. The summed E-state index contributed by atoms with van der Waals surface area (Å²) >= 11 is 0. The minimum Gasteiger partial charge on any atom is -0.368 e. The van der Waals surface area contributed by atoms with Gasteiger partial charge in [0.05, 0.1) is 5.54 Å². The maximum absolute atomic E-state index is 10.8. The van der Waals surface area contributed by atoms with Gasteiger partial charge in [-0.2, -0.15) is 0 Å². The number of carbonyl (C=O) groups is 1. The Morgan fingerprint density at radius 2 is 1.64 bits per heavy atom. The molecule has 0 saturated heterocycles. The van der Waals surface area contributed by atoms with Crippen LogP contribution >= 0.6 is 0 Å². The second-order valence-corrected chi connectivity index (χ2v) is 4.52. The molecule has 66 valence electrons. The van der Waals surface area contributed by atoms with Crippen LogP contribution in [0, 0.1) is 5.41 Å². The van der Waals surface area contributed by atoms with E-state index >= 15 is 0 Å². The number of rotatable bonds is 2. The van der Waals surface area contributed by atoms with Gasteiger partial charge in [-0.15, -0.1) is 0 Å². The van der Waals surface area contributed by atoms with Crippen molar-refractivity contribution in [1.82, 2.24) is 0 Å². The highest BCUT2D eigenvalue weighted by atomic mass is 16.1. The molecule has 0 aliphatic rings. The fraction of sp³-hybridized carbons (Fsp3) is 0.875. The van der Waals surface area contributed by atoms with Crippen molar-refractivity contribution in [1.29, 1.82) is 0 Å². The molecule has 0 rings (SSSR count). The lowest BCUT2D eigenvalue weighted by molar-refractivity contribution is -0.123. The van der Waals surface area contributed by atoms with E-state index in [2.05, 4.69) is 0 Å². The molecule has 1 amide bonds. The summed E-state index contributed by atoms with van der Waals surface area (Å²) in [5.74, 6) is -0.438. The average molecular weight is 158 g/mol. The Labute approximate surface area is 68.1 Å². The fourth-order valence-corrected chi connectivity index (χ4v) is 1.19. The maximum Gasteiger partial charge on any atom is 0.237 e. The first kappa shape index (κ1) is 10.4. The molecular formula is C8H18N2O. The van der Waals surface area contributed by atoms with E-state index in [9.17, 15) is 4.79 Å². The summed E-state index contributed by atoms with van der Waals surface area (Å²) in [5, 5.41) is 0. The third-order valence-corrected chi connectivity index (χ3v) is 1.46. The molecule has 11 heavy (non-hydrogen) atoms. The molecule has 1 atom stereocenters. The molecule has 0 radical (unpaired) electrons. The first-order valence-corrected chi connectivity index (χ1v) is 3.74. The third-order valence-electron chi connectivity index (χ3n) is 1.46. The molecule has 0 spiro atoms. The van der Waals surface area contributed by atoms with Crippen LogP contribution in [0.1, 0.15) is 34.1 Å². The highest BCUT2D eigenvalue weighted by molar-refractivity contribution is 5.83. The van der Waals surface area contributed by atoms with Gasteiger partial charge < -0.3 is 11.5 Å². The first-order valence-electron chi connectivity index (χ1n) is 3.74. The first-order chi connectivity index (χ1) is 4.65. The van der Waals surface area contributed by atoms with E-state index in [1.165, 1.54) is 0 Å². The monoisotopic (exact) mass is 158 g/mol. The summed E-state index contributed by atoms with van der Waals surface area (Å²) in [4.78, 5) is 10.8. The lowest BCUT2D eigenvalue weighted by Gasteiger charge is -2.29. The highest BCUT2D eigenvalue weighted by Gasteiger charge is 2.30. The Morgan fingerprint density at radius 3 is 1.73 bits per heavy atom. The zero-order valence-corrected chi connectivity index (χ0v) is 7.77. The molecule has 0 aliphatic carbocycles. The number of amides is 1. The van der Waals surface area contributed by atoms with E-state index in [0.717, 1.165) is 0 Å². The minimum atomic E-state index is -0.877. The number of carbonyl (C=O) groups excluding carboxylic acids is 1. The van der Waals surface area contributed by atoms with Gasteiger partial charge in [-0.25, -0.2) is 0 Å². The topological polar surface area (TPSA) is 69.1 Å². The molecule has 0 heterocycles. The van der Waals surface area contributed by atoms with Crippen molar-refractivity contribution < 1.29 is 4.79 Å². The minimum absolute atomic E-state index is 0.0402. The van der Waals surface area contributed by atoms with Crippen LogP contribution in [0.25, 0.3) is 0 Å². The van der Waals surface area contributed by atoms with Crippen molar-refractivity contribution in [3.63, 3.8) is 0 Å². The van der Waals surface area contributed by atoms with Crippen molar-refractivity contribution in [3.05, 3.63) is 0 Å². The average Bonchev–Trinajstić information content (AvgIpc) is 1.56. The van der Waals surface area contributed by atoms with Gasteiger partial charge in [0, 0.05) is 0 Å². The van der Waals surface area contributed by atoms with E-state index in [1.54, 1.807) is 6.92 Å². The largest absolute Gasteiger partial charge is 0.368 e. The van der Waals surface area contributed by atoms with Gasteiger partial charge in [-0.3, -0.25) is 4.79 Å². The molecule has 4 N–H and O–H groups in total. The molecule has 3 nitrogen and oxygen atoms in total. The Hall–Kier alpha value is -0.570. The van der Waals surface area contributed by atoms with Gasteiger partial charge in [0.15, 0.2) is 0 Å². The standard InChI is InChI=1S/C8H18N2O/c1-7(2,3)5-8(4,10)6(9)11/h5,10H2,1-4H3,(H2,9,11)/t8-/m0/s1. The predicted molar refractivity (Wildman–Crippen MR) is 45.9 cm³/mol. The van der Waals surface area contributed by atoms with E-state index in [-0.39, 0.29) is 5.41 Å². The van der Waals surface area contributed by atoms with Crippen molar-refractivity contribution >= 4 is 5.91 Å². The molecule has 0 bridgehead atoms. The van der Waals surface area contributed by atoms with Crippen LogP contribution in [-0.4, -0.2) is 11.4 Å². The van der Waals surface area contributed by atoms with E-state index in [4.69, 9.17) is 11.5 Å². The van der Waals surface area contributed by atoms with Crippen LogP contribution in [0.15, 0.2) is 0 Å². The molecule has 0 saturated carbocycles. The Morgan fingerprint density at radius 1 is 1.27 bits per heavy atom. The molecule has 0 aromatic carbocycles. The van der Waals surface area contributed by atoms with Gasteiger partial charge >= 0.3 is 0 Å². The van der Waals surface area contributed by atoms with Crippen LogP contribution in [0.3, 0.4) is 0 Å². The normalized spacial score (nSPS) is 17.5. The van der Waals surface area contributed by atoms with Gasteiger partial charge in [0.1, 0.15) is 0 Å². The van der Waals surface area contributed by atoms with Gasteiger partial charge in [0.25, 0.3) is 0 Å². The summed E-state index contributed by atoms with van der Waals surface area (Å²) in [6, 6.07) is 0. The van der Waals surface area contributed by atoms with Crippen molar-refractivity contribution in [3.8, 4) is 0 Å². The third kappa shape index (κ3) is 3.98. The summed E-state index contributed by atoms with van der Waals surface area (Å²) < 4.78 is 0. The van der Waals surface area contributed by atoms with Crippen molar-refractivity contribution in [2.24, 2.45) is 16.9 Å². The summed E-state index contributed by atoms with van der Waals surface area (Å²) in [6.45, 7) is 7.75. The zero-order chi connectivity index (χ0) is 9.28. The van der Waals surface area contributed by atoms with Crippen molar-refractivity contribution in [2.75, 3.05) is 0 Å².